The summed E-state index contributed by atoms with van der Waals surface area (Å²) in [6, 6.07) is 8.09. The maximum atomic E-state index is 11.2. The second-order valence-corrected chi connectivity index (χ2v) is 5.02. The summed E-state index contributed by atoms with van der Waals surface area (Å²) in [7, 11) is 0. The molecule has 1 saturated carbocycles. The van der Waals surface area contributed by atoms with E-state index < -0.39 is 0 Å². The minimum absolute atomic E-state index is 0.154. The molecular formula is C11H10BrNO2. The van der Waals surface area contributed by atoms with Gasteiger partial charge in [0.05, 0.1) is 12.1 Å². The van der Waals surface area contributed by atoms with Crippen LogP contribution in [0.15, 0.2) is 28.7 Å². The van der Waals surface area contributed by atoms with Gasteiger partial charge in [0.2, 0.25) is 0 Å². The molecule has 1 N–H and O–H groups in total. The third-order valence-electron chi connectivity index (χ3n) is 3.19. The first-order chi connectivity index (χ1) is 7.21. The topological polar surface area (TPSA) is 38.3 Å². The van der Waals surface area contributed by atoms with Crippen molar-refractivity contribution in [3.8, 4) is 0 Å². The van der Waals surface area contributed by atoms with E-state index in [1.165, 1.54) is 5.56 Å². The van der Waals surface area contributed by atoms with Crippen LogP contribution >= 0.6 is 15.9 Å². The number of carbonyl (C=O) groups excluding carboxylic acids is 1. The van der Waals surface area contributed by atoms with E-state index in [9.17, 15) is 4.79 Å². The number of benzene rings is 1. The van der Waals surface area contributed by atoms with Gasteiger partial charge in [-0.25, -0.2) is 4.79 Å². The van der Waals surface area contributed by atoms with Crippen molar-refractivity contribution in [1.82, 2.24) is 5.32 Å². The van der Waals surface area contributed by atoms with Crippen LogP contribution in [0.25, 0.3) is 0 Å². The number of nitrogens with one attached hydrogen (secondary N) is 1. The number of ether oxygens (including phenoxy) is 1. The van der Waals surface area contributed by atoms with Gasteiger partial charge in [0.15, 0.2) is 0 Å². The van der Waals surface area contributed by atoms with Gasteiger partial charge in [-0.2, -0.15) is 0 Å². The molecule has 4 heteroatoms. The first-order valence-electron chi connectivity index (χ1n) is 4.92. The average Bonchev–Trinajstić information content (AvgIpc) is 2.92. The lowest BCUT2D eigenvalue weighted by atomic mass is 10.0. The largest absolute Gasteiger partial charge is 0.449 e. The van der Waals surface area contributed by atoms with Crippen molar-refractivity contribution >= 4 is 22.0 Å². The second-order valence-electron chi connectivity index (χ2n) is 4.11. The number of halogens is 1. The van der Waals surface area contributed by atoms with Crippen LogP contribution in [0.4, 0.5) is 4.79 Å². The molecule has 1 aromatic carbocycles. The predicted molar refractivity (Wildman–Crippen MR) is 58.4 cm³/mol. The highest BCUT2D eigenvalue weighted by Crippen LogP contribution is 2.54. The van der Waals surface area contributed by atoms with Gasteiger partial charge in [-0.3, -0.25) is 0 Å². The van der Waals surface area contributed by atoms with Gasteiger partial charge in [0.25, 0.3) is 0 Å². The minimum Gasteiger partial charge on any atom is -0.449 e. The molecular weight excluding hydrogens is 258 g/mol. The quantitative estimate of drug-likeness (QED) is 0.849. The van der Waals surface area contributed by atoms with Gasteiger partial charge in [0.1, 0.15) is 0 Å². The highest BCUT2D eigenvalue weighted by molar-refractivity contribution is 9.10. The van der Waals surface area contributed by atoms with Gasteiger partial charge in [-0.05, 0) is 24.1 Å². The fourth-order valence-corrected chi connectivity index (χ4v) is 2.67. The summed E-state index contributed by atoms with van der Waals surface area (Å²) in [6.45, 7) is 0.540. The Hall–Kier alpha value is -1.03. The Balaban J connectivity index is 1.97. The van der Waals surface area contributed by atoms with E-state index in [4.69, 9.17) is 4.74 Å². The Labute approximate surface area is 95.9 Å². The van der Waals surface area contributed by atoms with Crippen molar-refractivity contribution in [1.29, 1.82) is 0 Å². The van der Waals surface area contributed by atoms with E-state index in [2.05, 4.69) is 33.4 Å². The van der Waals surface area contributed by atoms with Crippen LogP contribution in [-0.2, 0) is 10.3 Å². The summed E-state index contributed by atoms with van der Waals surface area (Å²) in [5.41, 5.74) is 1.01. The molecule has 0 radical (unpaired) electrons. The van der Waals surface area contributed by atoms with Gasteiger partial charge in [-0.15, -0.1) is 0 Å². The molecule has 3 nitrogen and oxygen atoms in total. The first-order valence-corrected chi connectivity index (χ1v) is 5.71. The Morgan fingerprint density at radius 2 is 2.40 bits per heavy atom. The fraction of sp³-hybridized carbons (Fsp3) is 0.364. The summed E-state index contributed by atoms with van der Waals surface area (Å²) in [5.74, 6) is 0.435. The number of hydrogen-bond acceptors (Lipinski definition) is 2. The molecule has 2 atom stereocenters. The summed E-state index contributed by atoms with van der Waals surface area (Å²) in [6.07, 6.45) is 0.679. The van der Waals surface area contributed by atoms with E-state index in [1.807, 2.05) is 12.1 Å². The molecule has 15 heavy (non-hydrogen) atoms. The van der Waals surface area contributed by atoms with Crippen molar-refractivity contribution in [2.24, 2.45) is 5.92 Å². The lowest BCUT2D eigenvalue weighted by molar-refractivity contribution is 0.112. The molecule has 1 heterocycles. The van der Waals surface area contributed by atoms with Crippen LogP contribution in [0.5, 0.6) is 0 Å². The van der Waals surface area contributed by atoms with Crippen LogP contribution in [-0.4, -0.2) is 12.7 Å². The lowest BCUT2D eigenvalue weighted by Gasteiger charge is -2.24. The molecule has 0 spiro atoms. The van der Waals surface area contributed by atoms with Gasteiger partial charge < -0.3 is 10.1 Å². The Morgan fingerprint density at radius 3 is 3.20 bits per heavy atom. The highest BCUT2D eigenvalue weighted by Gasteiger charge is 2.59. The smallest absolute Gasteiger partial charge is 0.407 e. The maximum Gasteiger partial charge on any atom is 0.407 e. The van der Waals surface area contributed by atoms with E-state index in [-0.39, 0.29) is 11.6 Å². The maximum absolute atomic E-state index is 11.2. The van der Waals surface area contributed by atoms with Crippen LogP contribution in [0, 0.1) is 5.92 Å². The molecule has 3 rings (SSSR count). The molecule has 0 aromatic heterocycles. The Kier molecular flexibility index (Phi) is 1.83. The Bertz CT molecular complexity index is 434. The molecule has 2 fully saturated rings. The molecule has 1 aromatic rings. The van der Waals surface area contributed by atoms with Crippen molar-refractivity contribution in [2.75, 3.05) is 6.61 Å². The molecule has 1 aliphatic heterocycles. The fourth-order valence-electron chi connectivity index (χ4n) is 2.27. The van der Waals surface area contributed by atoms with Crippen molar-refractivity contribution in [2.45, 2.75) is 12.0 Å². The zero-order valence-corrected chi connectivity index (χ0v) is 9.58. The molecule has 2 aliphatic rings. The lowest BCUT2D eigenvalue weighted by Crippen LogP contribution is -2.41. The zero-order chi connectivity index (χ0) is 10.5. The van der Waals surface area contributed by atoms with Crippen LogP contribution in [0.3, 0.4) is 0 Å². The number of hydrogen-bond donors (Lipinski definition) is 1. The predicted octanol–water partition coefficient (Wildman–Crippen LogP) is 2.40. The third kappa shape index (κ3) is 1.35. The summed E-state index contributed by atoms with van der Waals surface area (Å²) < 4.78 is 5.99. The number of fused-ring (bicyclic) bond motifs is 1. The molecule has 1 saturated heterocycles. The van der Waals surface area contributed by atoms with E-state index >= 15 is 0 Å². The summed E-state index contributed by atoms with van der Waals surface area (Å²) >= 11 is 3.44. The number of amides is 1. The molecule has 1 amide bonds. The number of carbonyl (C=O) groups is 1. The van der Waals surface area contributed by atoms with Crippen LogP contribution in [0.1, 0.15) is 12.0 Å². The van der Waals surface area contributed by atoms with Gasteiger partial charge >= 0.3 is 6.09 Å². The normalized spacial score (nSPS) is 32.6. The summed E-state index contributed by atoms with van der Waals surface area (Å²) in [5, 5.41) is 2.93. The van der Waals surface area contributed by atoms with Gasteiger partial charge in [0, 0.05) is 10.4 Å². The SMILES string of the molecule is O=C1N[C@@]2(c3cccc(Br)c3)C[C@@H]2CO1. The van der Waals surface area contributed by atoms with Crippen LogP contribution in [0.2, 0.25) is 0 Å². The monoisotopic (exact) mass is 267 g/mol. The minimum atomic E-state index is -0.302. The van der Waals surface area contributed by atoms with E-state index in [0.717, 1.165) is 10.9 Å². The second kappa shape index (κ2) is 2.98. The summed E-state index contributed by atoms with van der Waals surface area (Å²) in [4.78, 5) is 11.2. The molecule has 0 bridgehead atoms. The van der Waals surface area contributed by atoms with Crippen molar-refractivity contribution in [3.05, 3.63) is 34.3 Å². The molecule has 78 valence electrons. The van der Waals surface area contributed by atoms with Crippen molar-refractivity contribution < 1.29 is 9.53 Å². The third-order valence-corrected chi connectivity index (χ3v) is 3.68. The highest BCUT2D eigenvalue weighted by atomic mass is 79.9. The average molecular weight is 268 g/mol. The standard InChI is InChI=1S/C11H10BrNO2/c12-9-3-1-2-7(4-9)11-5-8(11)6-15-10(14)13-11/h1-4,8H,5-6H2,(H,13,14)/t8-,11-/m1/s1. The van der Waals surface area contributed by atoms with Crippen molar-refractivity contribution in [3.63, 3.8) is 0 Å². The molecule has 1 aliphatic carbocycles. The number of cyclic esters (lactones) is 1. The first kappa shape index (κ1) is 9.21. The Morgan fingerprint density at radius 1 is 1.53 bits per heavy atom. The van der Waals surface area contributed by atoms with E-state index in [1.54, 1.807) is 0 Å². The zero-order valence-electron chi connectivity index (χ0n) is 8.00. The van der Waals surface area contributed by atoms with Gasteiger partial charge in [-0.1, -0.05) is 28.1 Å². The number of rotatable bonds is 1. The molecule has 0 unspecified atom stereocenters. The number of alkyl carbamates (subject to hydrolysis) is 1. The van der Waals surface area contributed by atoms with E-state index in [0.29, 0.717) is 12.5 Å². The van der Waals surface area contributed by atoms with Crippen LogP contribution < -0.4 is 5.32 Å².